The van der Waals surface area contributed by atoms with E-state index in [1.54, 1.807) is 0 Å². The molecule has 2 aliphatic heterocycles. The zero-order chi connectivity index (χ0) is 20.9. The molecule has 0 radical (unpaired) electrons. The number of carbonyl (C=O) groups is 1. The monoisotopic (exact) mass is 402 g/mol. The number of aryl methyl sites for hydroxylation is 1. The van der Waals surface area contributed by atoms with Crippen LogP contribution in [-0.2, 0) is 17.6 Å². The molecule has 4 rings (SSSR count). The van der Waals surface area contributed by atoms with Crippen molar-refractivity contribution >= 4 is 23.4 Å². The molecule has 3 N–H and O–H groups in total. The number of allylic oxidation sites excluding steroid dienone is 1. The molecule has 1 saturated heterocycles. The van der Waals surface area contributed by atoms with Gasteiger partial charge in [-0.1, -0.05) is 36.4 Å². The average molecular weight is 403 g/mol. The van der Waals surface area contributed by atoms with Gasteiger partial charge in [0.05, 0.1) is 6.42 Å². The van der Waals surface area contributed by atoms with Crippen LogP contribution in [0.1, 0.15) is 29.5 Å². The quantitative estimate of drug-likeness (QED) is 0.727. The molecule has 1 fully saturated rings. The largest absolute Gasteiger partial charge is 0.404 e. The van der Waals surface area contributed by atoms with E-state index >= 15 is 0 Å². The number of nitrogens with two attached hydrogens (primary N) is 1. The van der Waals surface area contributed by atoms with E-state index in [0.29, 0.717) is 12.3 Å². The van der Waals surface area contributed by atoms with Crippen molar-refractivity contribution in [2.75, 3.05) is 31.1 Å². The number of benzene rings is 2. The molecule has 1 unspecified atom stereocenters. The van der Waals surface area contributed by atoms with Crippen LogP contribution in [0, 0.1) is 11.3 Å². The van der Waals surface area contributed by atoms with Crippen LogP contribution in [0.5, 0.6) is 0 Å². The van der Waals surface area contributed by atoms with Crippen LogP contribution in [0.3, 0.4) is 0 Å². The van der Waals surface area contributed by atoms with E-state index < -0.39 is 0 Å². The summed E-state index contributed by atoms with van der Waals surface area (Å²) < 4.78 is 0. The van der Waals surface area contributed by atoms with Crippen LogP contribution in [0.2, 0.25) is 0 Å². The summed E-state index contributed by atoms with van der Waals surface area (Å²) in [6.45, 7) is 3.76. The molecule has 2 aromatic rings. The van der Waals surface area contributed by atoms with Gasteiger partial charge in [-0.05, 0) is 54.0 Å². The lowest BCUT2D eigenvalue weighted by molar-refractivity contribution is -0.129. The lowest BCUT2D eigenvalue weighted by atomic mass is 9.95. The summed E-state index contributed by atoms with van der Waals surface area (Å²) in [5.41, 5.74) is 11.1. The number of anilines is 1. The van der Waals surface area contributed by atoms with Gasteiger partial charge in [0.2, 0.25) is 5.91 Å². The number of hydrogen-bond donors (Lipinski definition) is 2. The third-order valence-corrected chi connectivity index (χ3v) is 6.28. The number of fused-ring (bicyclic) bond motifs is 1. The fourth-order valence-electron chi connectivity index (χ4n) is 4.67. The van der Waals surface area contributed by atoms with Crippen molar-refractivity contribution in [1.29, 1.82) is 5.41 Å². The van der Waals surface area contributed by atoms with Gasteiger partial charge in [0.25, 0.3) is 0 Å². The smallest absolute Gasteiger partial charge is 0.226 e. The van der Waals surface area contributed by atoms with E-state index in [9.17, 15) is 4.79 Å². The molecule has 2 aliphatic rings. The van der Waals surface area contributed by atoms with E-state index in [2.05, 4.69) is 23.1 Å². The van der Waals surface area contributed by atoms with Crippen molar-refractivity contribution in [2.24, 2.45) is 11.7 Å². The second-order valence-corrected chi connectivity index (χ2v) is 8.32. The van der Waals surface area contributed by atoms with E-state index in [1.807, 2.05) is 35.2 Å². The minimum absolute atomic E-state index is 0.236. The minimum Gasteiger partial charge on any atom is -0.404 e. The molecular formula is C25H30N4O. The first kappa shape index (κ1) is 20.2. The van der Waals surface area contributed by atoms with Crippen LogP contribution >= 0.6 is 0 Å². The van der Waals surface area contributed by atoms with Gasteiger partial charge in [0.1, 0.15) is 0 Å². The van der Waals surface area contributed by atoms with Gasteiger partial charge in [-0.3, -0.25) is 4.79 Å². The Morgan fingerprint density at radius 2 is 2.00 bits per heavy atom. The highest BCUT2D eigenvalue weighted by Crippen LogP contribution is 2.31. The Hall–Kier alpha value is -3.08. The molecule has 5 nitrogen and oxygen atoms in total. The number of nitrogens with zero attached hydrogens (tertiary/aromatic N) is 2. The topological polar surface area (TPSA) is 73.4 Å². The number of nitrogens with one attached hydrogen (secondary N) is 1. The first-order chi connectivity index (χ1) is 14.7. The van der Waals surface area contributed by atoms with Gasteiger partial charge in [-0.25, -0.2) is 0 Å². The molecule has 30 heavy (non-hydrogen) atoms. The van der Waals surface area contributed by atoms with Crippen molar-refractivity contribution in [1.82, 2.24) is 4.90 Å². The molecule has 0 saturated carbocycles. The number of rotatable bonds is 6. The maximum Gasteiger partial charge on any atom is 0.226 e. The SMILES string of the molecule is N=C/C(=C\N)c1ccc2c(c1)CCCN2CC1CCN(C(=O)Cc2ccccc2)C1. The molecule has 0 aliphatic carbocycles. The van der Waals surface area contributed by atoms with Crippen molar-refractivity contribution in [3.05, 3.63) is 71.4 Å². The van der Waals surface area contributed by atoms with Crippen LogP contribution < -0.4 is 10.6 Å². The summed E-state index contributed by atoms with van der Waals surface area (Å²) in [4.78, 5) is 17.2. The first-order valence-corrected chi connectivity index (χ1v) is 10.8. The van der Waals surface area contributed by atoms with Crippen molar-refractivity contribution < 1.29 is 4.79 Å². The standard InChI is InChI=1S/C25H30N4O/c26-15-23(16-27)21-8-9-24-22(14-21)7-4-11-28(24)17-20-10-12-29(18-20)25(30)13-19-5-2-1-3-6-19/h1-3,5-6,8-9,14-16,20,26H,4,7,10-13,17-18,27H2/b23-16+,26-15?. The molecule has 0 spiro atoms. The summed E-state index contributed by atoms with van der Waals surface area (Å²) in [5, 5.41) is 7.53. The highest BCUT2D eigenvalue weighted by molar-refractivity contribution is 6.08. The van der Waals surface area contributed by atoms with Crippen LogP contribution in [-0.4, -0.2) is 43.2 Å². The predicted molar refractivity (Wildman–Crippen MR) is 123 cm³/mol. The van der Waals surface area contributed by atoms with Gasteiger partial charge in [-0.2, -0.15) is 0 Å². The second kappa shape index (κ2) is 9.16. The Morgan fingerprint density at radius 3 is 2.77 bits per heavy atom. The maximum atomic E-state index is 12.7. The Balaban J connectivity index is 1.39. The Bertz CT molecular complexity index is 937. The summed E-state index contributed by atoms with van der Waals surface area (Å²) in [6.07, 6.45) is 6.55. The lowest BCUT2D eigenvalue weighted by Crippen LogP contribution is -2.36. The Kier molecular flexibility index (Phi) is 6.17. The molecule has 2 heterocycles. The normalized spacial score (nSPS) is 18.9. The highest BCUT2D eigenvalue weighted by Gasteiger charge is 2.29. The maximum absolute atomic E-state index is 12.7. The van der Waals surface area contributed by atoms with E-state index in [-0.39, 0.29) is 5.91 Å². The molecule has 1 atom stereocenters. The average Bonchev–Trinajstić information content (AvgIpc) is 3.24. The van der Waals surface area contributed by atoms with Gasteiger partial charge in [0, 0.05) is 49.9 Å². The molecule has 156 valence electrons. The van der Waals surface area contributed by atoms with E-state index in [1.165, 1.54) is 23.7 Å². The Labute approximate surface area is 178 Å². The molecular weight excluding hydrogens is 372 g/mol. The zero-order valence-electron chi connectivity index (χ0n) is 17.4. The molecule has 0 bridgehead atoms. The summed E-state index contributed by atoms with van der Waals surface area (Å²) >= 11 is 0. The number of carbonyl (C=O) groups excluding carboxylic acids is 1. The van der Waals surface area contributed by atoms with E-state index in [0.717, 1.165) is 62.1 Å². The highest BCUT2D eigenvalue weighted by atomic mass is 16.2. The van der Waals surface area contributed by atoms with Gasteiger partial charge in [-0.15, -0.1) is 0 Å². The van der Waals surface area contributed by atoms with Gasteiger partial charge >= 0.3 is 0 Å². The number of amides is 1. The van der Waals surface area contributed by atoms with Crippen LogP contribution in [0.25, 0.3) is 5.57 Å². The first-order valence-electron chi connectivity index (χ1n) is 10.8. The van der Waals surface area contributed by atoms with Crippen molar-refractivity contribution in [2.45, 2.75) is 25.7 Å². The van der Waals surface area contributed by atoms with Crippen LogP contribution in [0.4, 0.5) is 5.69 Å². The zero-order valence-corrected chi connectivity index (χ0v) is 17.4. The van der Waals surface area contributed by atoms with E-state index in [4.69, 9.17) is 11.1 Å². The molecule has 0 aromatic heterocycles. The van der Waals surface area contributed by atoms with Gasteiger partial charge in [0.15, 0.2) is 0 Å². The van der Waals surface area contributed by atoms with Gasteiger partial charge < -0.3 is 20.9 Å². The molecule has 5 heteroatoms. The second-order valence-electron chi connectivity index (χ2n) is 8.32. The van der Waals surface area contributed by atoms with Crippen LogP contribution in [0.15, 0.2) is 54.7 Å². The predicted octanol–water partition coefficient (Wildman–Crippen LogP) is 3.48. The van der Waals surface area contributed by atoms with Crippen molar-refractivity contribution in [3.8, 4) is 0 Å². The summed E-state index contributed by atoms with van der Waals surface area (Å²) in [7, 11) is 0. The third kappa shape index (κ3) is 4.40. The number of likely N-dealkylation sites (tertiary alicyclic amines) is 1. The fourth-order valence-corrected chi connectivity index (χ4v) is 4.67. The minimum atomic E-state index is 0.236. The van der Waals surface area contributed by atoms with Crippen molar-refractivity contribution in [3.63, 3.8) is 0 Å². The third-order valence-electron chi connectivity index (χ3n) is 6.28. The molecule has 1 amide bonds. The Morgan fingerprint density at radius 1 is 1.17 bits per heavy atom. The summed E-state index contributed by atoms with van der Waals surface area (Å²) in [6, 6.07) is 16.4. The molecule has 2 aromatic carbocycles. The fraction of sp³-hybridized carbons (Fsp3) is 0.360. The lowest BCUT2D eigenvalue weighted by Gasteiger charge is -2.33. The number of hydrogen-bond acceptors (Lipinski definition) is 4. The summed E-state index contributed by atoms with van der Waals surface area (Å²) in [5.74, 6) is 0.747.